The summed E-state index contributed by atoms with van der Waals surface area (Å²) in [7, 11) is 3.03. The normalized spacial score (nSPS) is 11.3. The highest BCUT2D eigenvalue weighted by molar-refractivity contribution is 5.93. The molecule has 88 valence electrons. The molecule has 0 aliphatic heterocycles. The minimum atomic E-state index is -0.229. The Morgan fingerprint density at radius 1 is 1.44 bits per heavy atom. The number of hydrogen-bond acceptors (Lipinski definition) is 3. The lowest BCUT2D eigenvalue weighted by atomic mass is 9.85. The Balaban J connectivity index is 3.19. The highest BCUT2D eigenvalue weighted by Gasteiger charge is 2.24. The van der Waals surface area contributed by atoms with Crippen LogP contribution in [0.25, 0.3) is 0 Å². The number of carbonyl (C=O) groups is 1. The van der Waals surface area contributed by atoms with Crippen molar-refractivity contribution >= 4 is 5.91 Å². The second kappa shape index (κ2) is 4.61. The van der Waals surface area contributed by atoms with E-state index in [-0.39, 0.29) is 11.3 Å². The van der Waals surface area contributed by atoms with Crippen LogP contribution in [0.15, 0.2) is 18.3 Å². The second-order valence-electron chi connectivity index (χ2n) is 4.63. The molecule has 0 saturated heterocycles. The van der Waals surface area contributed by atoms with Crippen LogP contribution < -0.4 is 0 Å². The van der Waals surface area contributed by atoms with E-state index >= 15 is 0 Å². The van der Waals surface area contributed by atoms with Gasteiger partial charge in [-0.3, -0.25) is 14.6 Å². The molecule has 0 aliphatic rings. The SMILES string of the molecule is CON(C)C(=O)c1ncccc1C(C)(C)C. The molecule has 0 radical (unpaired) electrons. The van der Waals surface area contributed by atoms with Gasteiger partial charge in [0.25, 0.3) is 5.91 Å². The summed E-state index contributed by atoms with van der Waals surface area (Å²) in [5.74, 6) is -0.229. The Labute approximate surface area is 96.2 Å². The lowest BCUT2D eigenvalue weighted by Crippen LogP contribution is -2.29. The van der Waals surface area contributed by atoms with Crippen LogP contribution >= 0.6 is 0 Å². The van der Waals surface area contributed by atoms with Gasteiger partial charge in [0.05, 0.1) is 7.11 Å². The molecule has 1 amide bonds. The lowest BCUT2D eigenvalue weighted by Gasteiger charge is -2.23. The summed E-state index contributed by atoms with van der Waals surface area (Å²) in [5.41, 5.74) is 1.25. The number of hydroxylamine groups is 2. The zero-order valence-electron chi connectivity index (χ0n) is 10.4. The van der Waals surface area contributed by atoms with Crippen molar-refractivity contribution in [3.8, 4) is 0 Å². The Bertz CT molecular complexity index is 383. The molecule has 0 saturated carbocycles. The third-order valence-electron chi connectivity index (χ3n) is 2.38. The van der Waals surface area contributed by atoms with Crippen LogP contribution in [0.2, 0.25) is 0 Å². The first kappa shape index (κ1) is 12.6. The molecule has 1 heterocycles. The number of nitrogens with zero attached hydrogens (tertiary/aromatic N) is 2. The summed E-state index contributed by atoms with van der Waals surface area (Å²) >= 11 is 0. The molecule has 16 heavy (non-hydrogen) atoms. The van der Waals surface area contributed by atoms with Gasteiger partial charge < -0.3 is 0 Å². The van der Waals surface area contributed by atoms with Crippen molar-refractivity contribution in [1.82, 2.24) is 10.0 Å². The van der Waals surface area contributed by atoms with E-state index in [0.717, 1.165) is 5.56 Å². The molecule has 0 unspecified atom stereocenters. The predicted molar refractivity (Wildman–Crippen MR) is 62.0 cm³/mol. The molecule has 0 N–H and O–H groups in total. The van der Waals surface area contributed by atoms with Crippen LogP contribution in [0, 0.1) is 0 Å². The van der Waals surface area contributed by atoms with E-state index in [1.807, 2.05) is 32.9 Å². The number of rotatable bonds is 2. The van der Waals surface area contributed by atoms with Gasteiger partial charge in [0.2, 0.25) is 0 Å². The van der Waals surface area contributed by atoms with Crippen LogP contribution in [-0.2, 0) is 10.3 Å². The number of carbonyl (C=O) groups excluding carboxylic acids is 1. The molecule has 0 atom stereocenters. The molecule has 1 aromatic heterocycles. The number of aromatic nitrogens is 1. The van der Waals surface area contributed by atoms with E-state index in [4.69, 9.17) is 4.84 Å². The quantitative estimate of drug-likeness (QED) is 0.719. The van der Waals surface area contributed by atoms with E-state index < -0.39 is 0 Å². The van der Waals surface area contributed by atoms with Crippen LogP contribution in [0.5, 0.6) is 0 Å². The summed E-state index contributed by atoms with van der Waals surface area (Å²) < 4.78 is 0. The predicted octanol–water partition coefficient (Wildman–Crippen LogP) is 2.01. The zero-order valence-corrected chi connectivity index (χ0v) is 10.4. The van der Waals surface area contributed by atoms with E-state index in [9.17, 15) is 4.79 Å². The highest BCUT2D eigenvalue weighted by atomic mass is 16.7. The fraction of sp³-hybridized carbons (Fsp3) is 0.500. The maximum Gasteiger partial charge on any atom is 0.296 e. The minimum absolute atomic E-state index is 0.117. The van der Waals surface area contributed by atoms with Crippen molar-refractivity contribution < 1.29 is 9.63 Å². The molecule has 0 aromatic carbocycles. The van der Waals surface area contributed by atoms with Crippen LogP contribution in [0.4, 0.5) is 0 Å². The van der Waals surface area contributed by atoms with Gasteiger partial charge in [-0.2, -0.15) is 0 Å². The average molecular weight is 222 g/mol. The first-order valence-corrected chi connectivity index (χ1v) is 5.15. The van der Waals surface area contributed by atoms with Gasteiger partial charge in [-0.05, 0) is 17.0 Å². The van der Waals surface area contributed by atoms with Gasteiger partial charge >= 0.3 is 0 Å². The summed E-state index contributed by atoms with van der Waals surface area (Å²) in [6.45, 7) is 6.15. The Kier molecular flexibility index (Phi) is 3.65. The van der Waals surface area contributed by atoms with Gasteiger partial charge in [0.1, 0.15) is 5.69 Å². The van der Waals surface area contributed by atoms with Crippen LogP contribution in [0.3, 0.4) is 0 Å². The lowest BCUT2D eigenvalue weighted by molar-refractivity contribution is -0.0761. The second-order valence-corrected chi connectivity index (χ2v) is 4.63. The fourth-order valence-electron chi connectivity index (χ4n) is 1.41. The molecule has 1 rings (SSSR count). The van der Waals surface area contributed by atoms with Gasteiger partial charge in [-0.15, -0.1) is 0 Å². The molecule has 4 heteroatoms. The Morgan fingerprint density at radius 3 is 2.56 bits per heavy atom. The van der Waals surface area contributed by atoms with Crippen molar-refractivity contribution in [3.05, 3.63) is 29.6 Å². The topological polar surface area (TPSA) is 42.4 Å². The van der Waals surface area contributed by atoms with Crippen LogP contribution in [-0.4, -0.2) is 30.1 Å². The molecular formula is C12H18N2O2. The first-order valence-electron chi connectivity index (χ1n) is 5.15. The molecule has 0 spiro atoms. The van der Waals surface area contributed by atoms with Crippen molar-refractivity contribution in [2.45, 2.75) is 26.2 Å². The van der Waals surface area contributed by atoms with E-state index in [1.165, 1.54) is 12.2 Å². The fourth-order valence-corrected chi connectivity index (χ4v) is 1.41. The van der Waals surface area contributed by atoms with Crippen molar-refractivity contribution in [2.24, 2.45) is 0 Å². The van der Waals surface area contributed by atoms with Crippen molar-refractivity contribution in [1.29, 1.82) is 0 Å². The smallest absolute Gasteiger partial charge is 0.274 e. The Morgan fingerprint density at radius 2 is 2.06 bits per heavy atom. The summed E-state index contributed by atoms with van der Waals surface area (Å²) in [5, 5.41) is 1.18. The standard InChI is InChI=1S/C12H18N2O2/c1-12(2,3)9-7-6-8-13-10(9)11(15)14(4)16-5/h6-8H,1-5H3. The zero-order chi connectivity index (χ0) is 12.3. The largest absolute Gasteiger partial charge is 0.296 e. The highest BCUT2D eigenvalue weighted by Crippen LogP contribution is 2.24. The van der Waals surface area contributed by atoms with E-state index in [2.05, 4.69) is 4.98 Å². The third kappa shape index (κ3) is 2.58. The number of hydrogen-bond donors (Lipinski definition) is 0. The van der Waals surface area contributed by atoms with E-state index in [1.54, 1.807) is 13.2 Å². The van der Waals surface area contributed by atoms with Crippen LogP contribution in [0.1, 0.15) is 36.8 Å². The molecule has 0 fully saturated rings. The first-order chi connectivity index (χ1) is 7.38. The monoisotopic (exact) mass is 222 g/mol. The molecule has 0 aliphatic carbocycles. The molecular weight excluding hydrogens is 204 g/mol. The Hall–Kier alpha value is -1.42. The molecule has 1 aromatic rings. The van der Waals surface area contributed by atoms with Gasteiger partial charge in [-0.25, -0.2) is 5.06 Å². The maximum absolute atomic E-state index is 12.0. The van der Waals surface area contributed by atoms with Gasteiger partial charge in [-0.1, -0.05) is 26.8 Å². The van der Waals surface area contributed by atoms with E-state index in [0.29, 0.717) is 5.69 Å². The summed E-state index contributed by atoms with van der Waals surface area (Å²) in [6, 6.07) is 3.76. The molecule has 0 bridgehead atoms. The van der Waals surface area contributed by atoms with Gasteiger partial charge in [0.15, 0.2) is 0 Å². The van der Waals surface area contributed by atoms with Crippen molar-refractivity contribution in [3.63, 3.8) is 0 Å². The number of pyridine rings is 1. The summed E-state index contributed by atoms with van der Waals surface area (Å²) in [6.07, 6.45) is 1.62. The van der Waals surface area contributed by atoms with Crippen molar-refractivity contribution in [2.75, 3.05) is 14.2 Å². The maximum atomic E-state index is 12.0. The third-order valence-corrected chi connectivity index (χ3v) is 2.38. The van der Waals surface area contributed by atoms with Gasteiger partial charge in [0, 0.05) is 13.2 Å². The molecule has 4 nitrogen and oxygen atoms in total. The summed E-state index contributed by atoms with van der Waals surface area (Å²) in [4.78, 5) is 21.0. The number of amides is 1. The minimum Gasteiger partial charge on any atom is -0.274 e. The average Bonchev–Trinajstić information content (AvgIpc) is 2.26.